The fraction of sp³-hybridized carbons (Fsp3) is 0.286. The van der Waals surface area contributed by atoms with E-state index in [1.807, 2.05) is 37.3 Å². The Morgan fingerprint density at radius 1 is 0.926 bits per heavy atom. The Morgan fingerprint density at radius 3 is 2.11 bits per heavy atom. The van der Waals surface area contributed by atoms with Crippen LogP contribution < -0.4 is 16.5 Å². The normalized spacial score (nSPS) is 10.8. The number of hydrogen-bond acceptors (Lipinski definition) is 5. The Kier molecular flexibility index (Phi) is 5.66. The summed E-state index contributed by atoms with van der Waals surface area (Å²) in [7, 11) is 0. The third kappa shape index (κ3) is 3.61. The van der Waals surface area contributed by atoms with Gasteiger partial charge in [0.1, 0.15) is 5.82 Å². The SMILES string of the molecule is CCc1cccc(CC)c1-c1nc(N(N)c2ccccc2)nc(=O)n1CC. The van der Waals surface area contributed by atoms with Gasteiger partial charge in [-0.2, -0.15) is 9.97 Å². The smallest absolute Gasteiger partial charge is 0.276 e. The Labute approximate surface area is 159 Å². The summed E-state index contributed by atoms with van der Waals surface area (Å²) >= 11 is 0. The molecule has 2 aromatic carbocycles. The first-order valence-electron chi connectivity index (χ1n) is 9.30. The lowest BCUT2D eigenvalue weighted by Gasteiger charge is -2.20. The lowest BCUT2D eigenvalue weighted by molar-refractivity contribution is 0.680. The summed E-state index contributed by atoms with van der Waals surface area (Å²) < 4.78 is 1.61. The Morgan fingerprint density at radius 2 is 1.56 bits per heavy atom. The molecule has 0 radical (unpaired) electrons. The van der Waals surface area contributed by atoms with Crippen LogP contribution >= 0.6 is 0 Å². The number of para-hydroxylation sites is 1. The van der Waals surface area contributed by atoms with E-state index in [9.17, 15) is 4.79 Å². The van der Waals surface area contributed by atoms with Crippen molar-refractivity contribution in [2.45, 2.75) is 40.2 Å². The van der Waals surface area contributed by atoms with Crippen molar-refractivity contribution < 1.29 is 0 Å². The topological polar surface area (TPSA) is 77.0 Å². The summed E-state index contributed by atoms with van der Waals surface area (Å²) in [5.74, 6) is 7.04. The van der Waals surface area contributed by atoms with E-state index in [4.69, 9.17) is 10.8 Å². The summed E-state index contributed by atoms with van der Waals surface area (Å²) in [5.41, 5.74) is 3.69. The van der Waals surface area contributed by atoms with Gasteiger partial charge in [0.05, 0.1) is 5.69 Å². The second-order valence-corrected chi connectivity index (χ2v) is 6.24. The van der Waals surface area contributed by atoms with Gasteiger partial charge in [0.2, 0.25) is 0 Å². The van der Waals surface area contributed by atoms with Gasteiger partial charge in [0.15, 0.2) is 0 Å². The number of hydrazine groups is 1. The number of rotatable bonds is 6. The van der Waals surface area contributed by atoms with E-state index in [0.29, 0.717) is 12.4 Å². The molecule has 6 heteroatoms. The molecule has 0 aliphatic rings. The Balaban J connectivity index is 2.25. The third-order valence-corrected chi connectivity index (χ3v) is 4.68. The first-order chi connectivity index (χ1) is 13.1. The molecule has 0 fully saturated rings. The van der Waals surface area contributed by atoms with E-state index in [-0.39, 0.29) is 11.6 Å². The van der Waals surface area contributed by atoms with Gasteiger partial charge in [-0.25, -0.2) is 15.6 Å². The highest BCUT2D eigenvalue weighted by atomic mass is 16.1. The first kappa shape index (κ1) is 18.8. The highest BCUT2D eigenvalue weighted by Gasteiger charge is 2.19. The van der Waals surface area contributed by atoms with Gasteiger partial charge in [0, 0.05) is 12.1 Å². The van der Waals surface area contributed by atoms with E-state index in [1.165, 1.54) is 5.01 Å². The van der Waals surface area contributed by atoms with Crippen molar-refractivity contribution in [2.24, 2.45) is 5.84 Å². The van der Waals surface area contributed by atoms with Crippen molar-refractivity contribution in [3.05, 3.63) is 70.1 Å². The zero-order valence-corrected chi connectivity index (χ0v) is 16.0. The summed E-state index contributed by atoms with van der Waals surface area (Å²) in [5, 5.41) is 1.35. The summed E-state index contributed by atoms with van der Waals surface area (Å²) in [6.45, 7) is 6.62. The molecule has 2 N–H and O–H groups in total. The molecule has 3 rings (SSSR count). The molecular weight excluding hydrogens is 338 g/mol. The molecule has 1 aromatic heterocycles. The molecular formula is C21H25N5O. The second kappa shape index (κ2) is 8.14. The van der Waals surface area contributed by atoms with Gasteiger partial charge in [-0.3, -0.25) is 4.57 Å². The molecule has 0 amide bonds. The second-order valence-electron chi connectivity index (χ2n) is 6.24. The van der Waals surface area contributed by atoms with Crippen LogP contribution in [0.3, 0.4) is 0 Å². The molecule has 0 saturated carbocycles. The van der Waals surface area contributed by atoms with Crippen LogP contribution in [0.4, 0.5) is 11.6 Å². The number of nitrogens with zero attached hydrogens (tertiary/aromatic N) is 4. The number of anilines is 2. The van der Waals surface area contributed by atoms with Gasteiger partial charge in [-0.1, -0.05) is 50.2 Å². The van der Waals surface area contributed by atoms with Crippen LogP contribution in [-0.4, -0.2) is 14.5 Å². The number of hydrogen-bond donors (Lipinski definition) is 1. The molecule has 27 heavy (non-hydrogen) atoms. The van der Waals surface area contributed by atoms with Crippen LogP contribution in [0.2, 0.25) is 0 Å². The fourth-order valence-corrected chi connectivity index (χ4v) is 3.23. The van der Waals surface area contributed by atoms with E-state index >= 15 is 0 Å². The molecule has 0 bridgehead atoms. The number of benzene rings is 2. The van der Waals surface area contributed by atoms with E-state index < -0.39 is 0 Å². The molecule has 0 atom stereocenters. The van der Waals surface area contributed by atoms with Gasteiger partial charge < -0.3 is 0 Å². The zero-order chi connectivity index (χ0) is 19.4. The largest absolute Gasteiger partial charge is 0.352 e. The van der Waals surface area contributed by atoms with Crippen molar-refractivity contribution >= 4 is 11.6 Å². The van der Waals surface area contributed by atoms with E-state index in [2.05, 4.69) is 37.0 Å². The molecule has 1 heterocycles. The molecule has 0 aliphatic heterocycles. The molecule has 0 spiro atoms. The van der Waals surface area contributed by atoms with E-state index in [1.54, 1.807) is 4.57 Å². The minimum atomic E-state index is -0.350. The summed E-state index contributed by atoms with van der Waals surface area (Å²) in [6.07, 6.45) is 1.71. The zero-order valence-electron chi connectivity index (χ0n) is 16.0. The molecule has 0 unspecified atom stereocenters. The Hall–Kier alpha value is -2.99. The monoisotopic (exact) mass is 363 g/mol. The van der Waals surface area contributed by atoms with E-state index in [0.717, 1.165) is 35.2 Å². The lowest BCUT2D eigenvalue weighted by Crippen LogP contribution is -2.33. The average molecular weight is 363 g/mol. The van der Waals surface area contributed by atoms with Crippen molar-refractivity contribution in [1.82, 2.24) is 14.5 Å². The predicted molar refractivity (Wildman–Crippen MR) is 109 cm³/mol. The highest BCUT2D eigenvalue weighted by Crippen LogP contribution is 2.28. The fourth-order valence-electron chi connectivity index (χ4n) is 3.23. The third-order valence-electron chi connectivity index (χ3n) is 4.68. The molecule has 0 saturated heterocycles. The summed E-state index contributed by atoms with van der Waals surface area (Å²) in [6, 6.07) is 15.6. The molecule has 0 aliphatic carbocycles. The van der Waals surface area contributed by atoms with Crippen LogP contribution in [0.25, 0.3) is 11.4 Å². The van der Waals surface area contributed by atoms with Gasteiger partial charge in [-0.05, 0) is 43.0 Å². The number of aryl methyl sites for hydroxylation is 2. The van der Waals surface area contributed by atoms with Gasteiger partial charge in [0.25, 0.3) is 5.95 Å². The molecule has 3 aromatic rings. The average Bonchev–Trinajstić information content (AvgIpc) is 2.72. The van der Waals surface area contributed by atoms with Gasteiger partial charge >= 0.3 is 5.69 Å². The maximum Gasteiger partial charge on any atom is 0.352 e. The van der Waals surface area contributed by atoms with Crippen molar-refractivity contribution in [2.75, 3.05) is 5.01 Å². The highest BCUT2D eigenvalue weighted by molar-refractivity contribution is 5.67. The van der Waals surface area contributed by atoms with Gasteiger partial charge in [-0.15, -0.1) is 0 Å². The summed E-state index contributed by atoms with van der Waals surface area (Å²) in [4.78, 5) is 21.6. The minimum Gasteiger partial charge on any atom is -0.276 e. The van der Waals surface area contributed by atoms with Crippen molar-refractivity contribution in [1.29, 1.82) is 0 Å². The number of aromatic nitrogens is 3. The first-order valence-corrected chi connectivity index (χ1v) is 9.30. The standard InChI is InChI=1S/C21H25N5O/c1-4-15-11-10-12-16(5-2)18(15)19-23-20(24-21(27)25(19)6-3)26(22)17-13-8-7-9-14-17/h7-14H,4-6,22H2,1-3H3. The predicted octanol–water partition coefficient (Wildman–Crippen LogP) is 3.46. The quantitative estimate of drug-likeness (QED) is 0.536. The van der Waals surface area contributed by atoms with Crippen molar-refractivity contribution in [3.63, 3.8) is 0 Å². The van der Waals surface area contributed by atoms with Crippen LogP contribution in [0.1, 0.15) is 31.9 Å². The maximum absolute atomic E-state index is 12.7. The number of nitrogens with two attached hydrogens (primary N) is 1. The van der Waals surface area contributed by atoms with Crippen LogP contribution in [0.15, 0.2) is 53.3 Å². The molecule has 140 valence electrons. The Bertz CT molecular complexity index is 959. The van der Waals surface area contributed by atoms with Crippen LogP contribution in [0.5, 0.6) is 0 Å². The maximum atomic E-state index is 12.7. The lowest BCUT2D eigenvalue weighted by atomic mass is 9.97. The van der Waals surface area contributed by atoms with Crippen LogP contribution in [0, 0.1) is 0 Å². The van der Waals surface area contributed by atoms with Crippen LogP contribution in [-0.2, 0) is 19.4 Å². The molecule has 6 nitrogen and oxygen atoms in total. The minimum absolute atomic E-state index is 0.193. The van der Waals surface area contributed by atoms with Crippen molar-refractivity contribution in [3.8, 4) is 11.4 Å².